The smallest absolute Gasteiger partial charge is 0.0752 e. The van der Waals surface area contributed by atoms with Crippen LogP contribution in [0.15, 0.2) is 0 Å². The molecule has 3 atom stereocenters. The predicted molar refractivity (Wildman–Crippen MR) is 55.2 cm³/mol. The van der Waals surface area contributed by atoms with E-state index in [0.29, 0.717) is 6.10 Å². The Hall–Kier alpha value is 0.310. The van der Waals surface area contributed by atoms with Gasteiger partial charge < -0.3 is 4.18 Å². The molecule has 0 aromatic heterocycles. The van der Waals surface area contributed by atoms with Crippen molar-refractivity contribution in [3.8, 4) is 0 Å². The minimum Gasteiger partial charge on any atom is -0.315 e. The molecule has 1 fully saturated rings. The highest BCUT2D eigenvalue weighted by Crippen LogP contribution is 2.35. The number of hydrogen-bond acceptors (Lipinski definition) is 2. The summed E-state index contributed by atoms with van der Waals surface area (Å²) in [6.07, 6.45) is 4.24. The molecule has 0 aromatic carbocycles. The Morgan fingerprint density at radius 1 is 1.33 bits per heavy atom. The highest BCUT2D eigenvalue weighted by molar-refractivity contribution is 7.75. The lowest BCUT2D eigenvalue weighted by Crippen LogP contribution is -2.32. The van der Waals surface area contributed by atoms with Crippen LogP contribution in [0.3, 0.4) is 0 Å². The standard InChI is InChI=1S/C10H20OS/c1-7(2)9-5-4-8(3)6-10(9)11-12/h7-10,12H,4-6H2,1-3H3. The summed E-state index contributed by atoms with van der Waals surface area (Å²) >= 11 is 3.96. The second-order valence-electron chi connectivity index (χ2n) is 4.47. The third-order valence-corrected chi connectivity index (χ3v) is 3.37. The summed E-state index contributed by atoms with van der Waals surface area (Å²) in [5.41, 5.74) is 0. The monoisotopic (exact) mass is 188 g/mol. The van der Waals surface area contributed by atoms with Gasteiger partial charge in [-0.3, -0.25) is 0 Å². The van der Waals surface area contributed by atoms with E-state index in [1.165, 1.54) is 19.3 Å². The second kappa shape index (κ2) is 4.52. The minimum atomic E-state index is 0.386. The zero-order valence-electron chi connectivity index (χ0n) is 8.29. The van der Waals surface area contributed by atoms with E-state index < -0.39 is 0 Å². The molecule has 0 saturated heterocycles. The third-order valence-electron chi connectivity index (χ3n) is 3.10. The Balaban J connectivity index is 2.50. The van der Waals surface area contributed by atoms with E-state index in [1.807, 2.05) is 0 Å². The Morgan fingerprint density at radius 2 is 2.00 bits per heavy atom. The van der Waals surface area contributed by atoms with Crippen LogP contribution in [0.1, 0.15) is 40.0 Å². The van der Waals surface area contributed by atoms with E-state index in [-0.39, 0.29) is 0 Å². The molecule has 1 aliphatic carbocycles. The topological polar surface area (TPSA) is 9.23 Å². The van der Waals surface area contributed by atoms with Crippen molar-refractivity contribution in [2.45, 2.75) is 46.1 Å². The highest BCUT2D eigenvalue weighted by Gasteiger charge is 2.30. The molecule has 0 aromatic rings. The second-order valence-corrected chi connectivity index (χ2v) is 4.68. The molecule has 0 radical (unpaired) electrons. The average Bonchev–Trinajstić information content (AvgIpc) is 2.03. The van der Waals surface area contributed by atoms with Crippen LogP contribution in [0.2, 0.25) is 0 Å². The molecule has 1 saturated carbocycles. The van der Waals surface area contributed by atoms with Gasteiger partial charge in [0.1, 0.15) is 0 Å². The number of hydrogen-bond donors (Lipinski definition) is 1. The third kappa shape index (κ3) is 2.40. The van der Waals surface area contributed by atoms with Gasteiger partial charge in [-0.15, -0.1) is 0 Å². The van der Waals surface area contributed by atoms with Crippen molar-refractivity contribution in [1.29, 1.82) is 0 Å². The van der Waals surface area contributed by atoms with Gasteiger partial charge in [0.15, 0.2) is 0 Å². The van der Waals surface area contributed by atoms with Crippen LogP contribution in [-0.2, 0) is 4.18 Å². The van der Waals surface area contributed by atoms with E-state index in [2.05, 4.69) is 33.7 Å². The maximum absolute atomic E-state index is 5.23. The first-order valence-corrected chi connectivity index (χ1v) is 5.32. The van der Waals surface area contributed by atoms with Crippen molar-refractivity contribution in [2.24, 2.45) is 17.8 Å². The molecule has 2 heteroatoms. The van der Waals surface area contributed by atoms with E-state index in [4.69, 9.17) is 4.18 Å². The SMILES string of the molecule is CC1CCC(C(C)C)C(OS)C1. The summed E-state index contributed by atoms with van der Waals surface area (Å²) < 4.78 is 5.23. The summed E-state index contributed by atoms with van der Waals surface area (Å²) in [6, 6.07) is 0. The van der Waals surface area contributed by atoms with Crippen LogP contribution < -0.4 is 0 Å². The van der Waals surface area contributed by atoms with Crippen molar-refractivity contribution in [3.05, 3.63) is 0 Å². The first-order chi connectivity index (χ1) is 5.65. The number of rotatable bonds is 2. The van der Waals surface area contributed by atoms with Crippen molar-refractivity contribution in [3.63, 3.8) is 0 Å². The summed E-state index contributed by atoms with van der Waals surface area (Å²) in [7, 11) is 0. The van der Waals surface area contributed by atoms with E-state index in [9.17, 15) is 0 Å². The van der Waals surface area contributed by atoms with Gasteiger partial charge in [0.05, 0.1) is 6.10 Å². The molecule has 0 amide bonds. The van der Waals surface area contributed by atoms with Gasteiger partial charge in [0, 0.05) is 0 Å². The van der Waals surface area contributed by atoms with Crippen LogP contribution in [0.25, 0.3) is 0 Å². The Kier molecular flexibility index (Phi) is 3.91. The van der Waals surface area contributed by atoms with Gasteiger partial charge in [-0.1, -0.05) is 27.2 Å². The molecule has 1 nitrogen and oxygen atoms in total. The molecule has 72 valence electrons. The van der Waals surface area contributed by atoms with Crippen LogP contribution in [-0.4, -0.2) is 6.10 Å². The molecule has 0 bridgehead atoms. The fourth-order valence-electron chi connectivity index (χ4n) is 2.24. The van der Waals surface area contributed by atoms with Crippen LogP contribution in [0.5, 0.6) is 0 Å². The lowest BCUT2D eigenvalue weighted by Gasteiger charge is -2.35. The van der Waals surface area contributed by atoms with Crippen molar-refractivity contribution < 1.29 is 4.18 Å². The normalized spacial score (nSPS) is 37.2. The Morgan fingerprint density at radius 3 is 2.50 bits per heavy atom. The van der Waals surface area contributed by atoms with Gasteiger partial charge in [-0.25, -0.2) is 0 Å². The van der Waals surface area contributed by atoms with E-state index in [1.54, 1.807) is 0 Å². The van der Waals surface area contributed by atoms with E-state index >= 15 is 0 Å². The molecular formula is C10H20OS. The molecule has 1 aliphatic rings. The van der Waals surface area contributed by atoms with Gasteiger partial charge in [0.2, 0.25) is 0 Å². The molecule has 0 N–H and O–H groups in total. The molecule has 12 heavy (non-hydrogen) atoms. The lowest BCUT2D eigenvalue weighted by atomic mass is 9.75. The fraction of sp³-hybridized carbons (Fsp3) is 1.00. The van der Waals surface area contributed by atoms with Gasteiger partial charge in [0.25, 0.3) is 0 Å². The average molecular weight is 188 g/mol. The fourth-order valence-corrected chi connectivity index (χ4v) is 2.48. The van der Waals surface area contributed by atoms with Crippen molar-refractivity contribution in [1.82, 2.24) is 0 Å². The van der Waals surface area contributed by atoms with Gasteiger partial charge in [-0.05, 0) is 43.5 Å². The highest BCUT2D eigenvalue weighted by atomic mass is 32.1. The quantitative estimate of drug-likeness (QED) is 0.516. The summed E-state index contributed by atoms with van der Waals surface area (Å²) in [5.74, 6) is 2.27. The molecule has 0 spiro atoms. The van der Waals surface area contributed by atoms with Gasteiger partial charge >= 0.3 is 0 Å². The molecule has 3 unspecified atom stereocenters. The summed E-state index contributed by atoms with van der Waals surface area (Å²) in [6.45, 7) is 6.86. The molecule has 0 aliphatic heterocycles. The summed E-state index contributed by atoms with van der Waals surface area (Å²) in [4.78, 5) is 0. The minimum absolute atomic E-state index is 0.386. The van der Waals surface area contributed by atoms with Crippen LogP contribution >= 0.6 is 12.9 Å². The predicted octanol–water partition coefficient (Wildman–Crippen LogP) is 3.31. The Bertz CT molecular complexity index is 136. The lowest BCUT2D eigenvalue weighted by molar-refractivity contribution is 0.0645. The maximum atomic E-state index is 5.23. The van der Waals surface area contributed by atoms with Gasteiger partial charge in [-0.2, -0.15) is 0 Å². The zero-order chi connectivity index (χ0) is 9.14. The van der Waals surface area contributed by atoms with Crippen LogP contribution in [0.4, 0.5) is 0 Å². The molecular weight excluding hydrogens is 168 g/mol. The largest absolute Gasteiger partial charge is 0.315 e. The first kappa shape index (κ1) is 10.4. The molecule has 0 heterocycles. The number of thiol groups is 1. The molecule has 1 rings (SSSR count). The Labute approximate surface area is 81.5 Å². The first-order valence-electron chi connectivity index (χ1n) is 4.95. The van der Waals surface area contributed by atoms with Crippen LogP contribution in [0, 0.1) is 17.8 Å². The zero-order valence-corrected chi connectivity index (χ0v) is 9.18. The van der Waals surface area contributed by atoms with Crippen molar-refractivity contribution >= 4 is 12.9 Å². The van der Waals surface area contributed by atoms with E-state index in [0.717, 1.165) is 17.8 Å². The summed E-state index contributed by atoms with van der Waals surface area (Å²) in [5, 5.41) is 0. The maximum Gasteiger partial charge on any atom is 0.0752 e. The van der Waals surface area contributed by atoms with Crippen molar-refractivity contribution in [2.75, 3.05) is 0 Å².